The molecule has 0 aliphatic rings. The molecule has 1 aromatic carbocycles. The first-order valence-corrected chi connectivity index (χ1v) is 9.55. The summed E-state index contributed by atoms with van der Waals surface area (Å²) >= 11 is 0. The largest absolute Gasteiger partial charge is 0.492 e. The summed E-state index contributed by atoms with van der Waals surface area (Å²) in [7, 11) is -1.82. The van der Waals surface area contributed by atoms with Crippen LogP contribution in [0.5, 0.6) is 5.75 Å². The van der Waals surface area contributed by atoms with E-state index >= 15 is 0 Å². The lowest BCUT2D eigenvalue weighted by atomic mass is 9.87. The Morgan fingerprint density at radius 2 is 1.78 bits per heavy atom. The number of rotatable bonds is 9. The molecule has 0 spiro atoms. The molecule has 132 valence electrons. The first kappa shape index (κ1) is 19.9. The number of ether oxygens (including phenoxy) is 1. The first-order chi connectivity index (χ1) is 10.7. The van der Waals surface area contributed by atoms with Crippen molar-refractivity contribution in [2.75, 3.05) is 26.7 Å². The maximum Gasteiger partial charge on any atom is 0.279 e. The third-order valence-corrected chi connectivity index (χ3v) is 5.18. The number of nitrogens with one attached hydrogen (secondary N) is 1. The van der Waals surface area contributed by atoms with Crippen LogP contribution < -0.4 is 9.46 Å². The fourth-order valence-electron chi connectivity index (χ4n) is 2.00. The van der Waals surface area contributed by atoms with E-state index in [1.807, 2.05) is 31.2 Å². The van der Waals surface area contributed by atoms with Gasteiger partial charge in [0.1, 0.15) is 12.4 Å². The molecular formula is C17H30N2O3S. The average molecular weight is 343 g/mol. The van der Waals surface area contributed by atoms with Gasteiger partial charge in [-0.2, -0.15) is 17.4 Å². The number of nitrogens with zero attached hydrogens (tertiary/aromatic N) is 1. The standard InChI is InChI=1S/C17H30N2O3S/c1-6-7-13-19(5)23(20,21)18-12-14-22-16-10-8-15(9-11-16)17(2,3)4/h8-11,18H,6-7,12-14H2,1-5H3. The van der Waals surface area contributed by atoms with Gasteiger partial charge in [-0.3, -0.25) is 0 Å². The lowest BCUT2D eigenvalue weighted by Crippen LogP contribution is -2.40. The number of unbranched alkanes of at least 4 members (excludes halogenated alkanes) is 1. The second-order valence-electron chi connectivity index (χ2n) is 6.70. The molecule has 0 amide bonds. The van der Waals surface area contributed by atoms with E-state index < -0.39 is 10.2 Å². The zero-order valence-electron chi connectivity index (χ0n) is 14.9. The minimum atomic E-state index is -3.41. The Labute approximate surface area is 141 Å². The van der Waals surface area contributed by atoms with Crippen molar-refractivity contribution in [1.82, 2.24) is 9.03 Å². The molecule has 23 heavy (non-hydrogen) atoms. The van der Waals surface area contributed by atoms with Gasteiger partial charge in [-0.15, -0.1) is 0 Å². The molecular weight excluding hydrogens is 312 g/mol. The van der Waals surface area contributed by atoms with E-state index in [-0.39, 0.29) is 12.0 Å². The fraction of sp³-hybridized carbons (Fsp3) is 0.647. The second kappa shape index (κ2) is 8.66. The van der Waals surface area contributed by atoms with Crippen LogP contribution in [-0.4, -0.2) is 39.5 Å². The van der Waals surface area contributed by atoms with Crippen LogP contribution in [0.2, 0.25) is 0 Å². The Morgan fingerprint density at radius 3 is 2.30 bits per heavy atom. The molecule has 0 fully saturated rings. The van der Waals surface area contributed by atoms with Crippen molar-refractivity contribution in [2.24, 2.45) is 0 Å². The van der Waals surface area contributed by atoms with Gasteiger partial charge in [0.15, 0.2) is 0 Å². The number of hydrogen-bond donors (Lipinski definition) is 1. The van der Waals surface area contributed by atoms with E-state index in [4.69, 9.17) is 4.74 Å². The summed E-state index contributed by atoms with van der Waals surface area (Å²) < 4.78 is 33.4. The van der Waals surface area contributed by atoms with Crippen LogP contribution >= 0.6 is 0 Å². The zero-order chi connectivity index (χ0) is 17.5. The van der Waals surface area contributed by atoms with Crippen LogP contribution in [0.3, 0.4) is 0 Å². The van der Waals surface area contributed by atoms with E-state index in [2.05, 4.69) is 25.5 Å². The van der Waals surface area contributed by atoms with Crippen molar-refractivity contribution < 1.29 is 13.2 Å². The highest BCUT2D eigenvalue weighted by atomic mass is 32.2. The minimum absolute atomic E-state index is 0.108. The fourth-order valence-corrected chi connectivity index (χ4v) is 2.93. The average Bonchev–Trinajstić information content (AvgIpc) is 2.48. The monoisotopic (exact) mass is 342 g/mol. The highest BCUT2D eigenvalue weighted by molar-refractivity contribution is 7.87. The van der Waals surface area contributed by atoms with E-state index in [9.17, 15) is 8.42 Å². The van der Waals surface area contributed by atoms with Gasteiger partial charge in [0.2, 0.25) is 0 Å². The van der Waals surface area contributed by atoms with E-state index in [1.165, 1.54) is 9.87 Å². The maximum absolute atomic E-state index is 12.0. The summed E-state index contributed by atoms with van der Waals surface area (Å²) in [4.78, 5) is 0. The zero-order valence-corrected chi connectivity index (χ0v) is 15.7. The van der Waals surface area contributed by atoms with Crippen LogP contribution in [0.15, 0.2) is 24.3 Å². The summed E-state index contributed by atoms with van der Waals surface area (Å²) in [5, 5.41) is 0. The quantitative estimate of drug-likeness (QED) is 0.702. The van der Waals surface area contributed by atoms with Crippen LogP contribution in [0.4, 0.5) is 0 Å². The van der Waals surface area contributed by atoms with Gasteiger partial charge in [-0.25, -0.2) is 0 Å². The van der Waals surface area contributed by atoms with Gasteiger partial charge in [0.05, 0.1) is 0 Å². The van der Waals surface area contributed by atoms with Crippen LogP contribution in [0.25, 0.3) is 0 Å². The molecule has 1 rings (SSSR count). The van der Waals surface area contributed by atoms with Crippen molar-refractivity contribution in [2.45, 2.75) is 46.0 Å². The maximum atomic E-state index is 12.0. The molecule has 0 radical (unpaired) electrons. The predicted octanol–water partition coefficient (Wildman–Crippen LogP) is 2.93. The molecule has 0 heterocycles. The van der Waals surface area contributed by atoms with E-state index in [1.54, 1.807) is 7.05 Å². The van der Waals surface area contributed by atoms with Gasteiger partial charge in [-0.05, 0) is 29.5 Å². The number of hydrogen-bond acceptors (Lipinski definition) is 3. The Balaban J connectivity index is 2.40. The Kier molecular flexibility index (Phi) is 7.51. The molecule has 0 bridgehead atoms. The molecule has 1 aromatic rings. The molecule has 0 saturated heterocycles. The third kappa shape index (κ3) is 6.89. The van der Waals surface area contributed by atoms with Crippen LogP contribution in [-0.2, 0) is 15.6 Å². The Bertz CT molecular complexity index is 562. The van der Waals surface area contributed by atoms with Crippen molar-refractivity contribution >= 4 is 10.2 Å². The molecule has 0 aliphatic heterocycles. The molecule has 0 aliphatic carbocycles. The van der Waals surface area contributed by atoms with Crippen LogP contribution in [0, 0.1) is 0 Å². The van der Waals surface area contributed by atoms with Crippen molar-refractivity contribution in [3.05, 3.63) is 29.8 Å². The normalized spacial score (nSPS) is 12.6. The van der Waals surface area contributed by atoms with Crippen molar-refractivity contribution in [3.8, 4) is 5.75 Å². The highest BCUT2D eigenvalue weighted by Crippen LogP contribution is 2.24. The summed E-state index contributed by atoms with van der Waals surface area (Å²) in [6, 6.07) is 7.92. The van der Waals surface area contributed by atoms with Gasteiger partial charge < -0.3 is 4.74 Å². The summed E-state index contributed by atoms with van der Waals surface area (Å²) in [5.74, 6) is 0.747. The van der Waals surface area contributed by atoms with Crippen molar-refractivity contribution in [1.29, 1.82) is 0 Å². The first-order valence-electron chi connectivity index (χ1n) is 8.11. The minimum Gasteiger partial charge on any atom is -0.492 e. The topological polar surface area (TPSA) is 58.6 Å². The second-order valence-corrected chi connectivity index (χ2v) is 8.56. The molecule has 0 unspecified atom stereocenters. The van der Waals surface area contributed by atoms with Gasteiger partial charge in [-0.1, -0.05) is 46.2 Å². The van der Waals surface area contributed by atoms with Crippen molar-refractivity contribution in [3.63, 3.8) is 0 Å². The van der Waals surface area contributed by atoms with Gasteiger partial charge >= 0.3 is 0 Å². The molecule has 0 aromatic heterocycles. The van der Waals surface area contributed by atoms with Crippen LogP contribution in [0.1, 0.15) is 46.1 Å². The summed E-state index contributed by atoms with van der Waals surface area (Å²) in [6.07, 6.45) is 1.82. The Hall–Kier alpha value is -1.11. The Morgan fingerprint density at radius 1 is 1.17 bits per heavy atom. The molecule has 1 N–H and O–H groups in total. The molecule has 0 saturated carbocycles. The smallest absolute Gasteiger partial charge is 0.279 e. The molecule has 6 heteroatoms. The van der Waals surface area contributed by atoms with Gasteiger partial charge in [0.25, 0.3) is 10.2 Å². The number of benzene rings is 1. The summed E-state index contributed by atoms with van der Waals surface area (Å²) in [6.45, 7) is 9.59. The lowest BCUT2D eigenvalue weighted by Gasteiger charge is -2.19. The lowest BCUT2D eigenvalue weighted by molar-refractivity contribution is 0.320. The highest BCUT2D eigenvalue weighted by Gasteiger charge is 2.16. The molecule has 0 atom stereocenters. The predicted molar refractivity (Wildman–Crippen MR) is 95.1 cm³/mol. The SMILES string of the molecule is CCCCN(C)S(=O)(=O)NCCOc1ccc(C(C)(C)C)cc1. The summed E-state index contributed by atoms with van der Waals surface area (Å²) in [5.41, 5.74) is 1.35. The third-order valence-electron chi connectivity index (χ3n) is 3.61. The van der Waals surface area contributed by atoms with E-state index in [0.717, 1.165) is 18.6 Å². The molecule has 5 nitrogen and oxygen atoms in total. The van der Waals surface area contributed by atoms with Gasteiger partial charge in [0, 0.05) is 20.1 Å². The van der Waals surface area contributed by atoms with E-state index in [0.29, 0.717) is 13.2 Å².